The van der Waals surface area contributed by atoms with Gasteiger partial charge in [0, 0.05) is 17.1 Å². The molecule has 0 bridgehead atoms. The number of halogens is 1. The van der Waals surface area contributed by atoms with Crippen LogP contribution in [0.1, 0.15) is 18.5 Å². The molecule has 17 heavy (non-hydrogen) atoms. The standard InChI is InChI=1S/C13H13FN2S/c1-9(15)10-5-6-16-13(7-10)17-12-4-2-3-11(14)8-12/h2-9H,15H2,1H3/t9-/m0/s1. The Morgan fingerprint density at radius 2 is 2.12 bits per heavy atom. The van der Waals surface area contributed by atoms with Gasteiger partial charge in [-0.3, -0.25) is 0 Å². The van der Waals surface area contributed by atoms with E-state index in [1.165, 1.54) is 23.9 Å². The molecule has 0 unspecified atom stereocenters. The van der Waals surface area contributed by atoms with Crippen LogP contribution in [0.4, 0.5) is 4.39 Å². The van der Waals surface area contributed by atoms with Gasteiger partial charge in [-0.05, 0) is 42.8 Å². The van der Waals surface area contributed by atoms with E-state index in [-0.39, 0.29) is 11.9 Å². The summed E-state index contributed by atoms with van der Waals surface area (Å²) in [5, 5.41) is 0.824. The van der Waals surface area contributed by atoms with Crippen molar-refractivity contribution < 1.29 is 4.39 Å². The fourth-order valence-electron chi connectivity index (χ4n) is 1.42. The molecule has 2 N–H and O–H groups in total. The number of benzene rings is 1. The molecule has 0 fully saturated rings. The SMILES string of the molecule is C[C@H](N)c1ccnc(Sc2cccc(F)c2)c1. The first-order chi connectivity index (χ1) is 8.15. The maximum absolute atomic E-state index is 13.0. The van der Waals surface area contributed by atoms with Gasteiger partial charge in [0.25, 0.3) is 0 Å². The Morgan fingerprint density at radius 3 is 2.82 bits per heavy atom. The van der Waals surface area contributed by atoms with Crippen LogP contribution in [0.3, 0.4) is 0 Å². The molecule has 1 atom stereocenters. The summed E-state index contributed by atoms with van der Waals surface area (Å²) in [5.74, 6) is -0.238. The first-order valence-electron chi connectivity index (χ1n) is 5.30. The van der Waals surface area contributed by atoms with E-state index in [9.17, 15) is 4.39 Å². The summed E-state index contributed by atoms with van der Waals surface area (Å²) < 4.78 is 13.0. The van der Waals surface area contributed by atoms with Gasteiger partial charge < -0.3 is 5.73 Å². The van der Waals surface area contributed by atoms with Crippen LogP contribution in [-0.2, 0) is 0 Å². The number of nitrogens with two attached hydrogens (primary N) is 1. The molecule has 0 aliphatic carbocycles. The summed E-state index contributed by atoms with van der Waals surface area (Å²) in [7, 11) is 0. The molecule has 2 aromatic rings. The van der Waals surface area contributed by atoms with Crippen LogP contribution in [0.2, 0.25) is 0 Å². The summed E-state index contributed by atoms with van der Waals surface area (Å²) in [6.45, 7) is 1.92. The molecule has 1 aromatic heterocycles. The zero-order chi connectivity index (χ0) is 12.3. The highest BCUT2D eigenvalue weighted by molar-refractivity contribution is 7.99. The van der Waals surface area contributed by atoms with Gasteiger partial charge in [0.2, 0.25) is 0 Å². The monoisotopic (exact) mass is 248 g/mol. The first-order valence-corrected chi connectivity index (χ1v) is 6.12. The molecule has 0 aliphatic rings. The Bertz CT molecular complexity index is 514. The lowest BCUT2D eigenvalue weighted by Crippen LogP contribution is -2.04. The van der Waals surface area contributed by atoms with Crippen molar-refractivity contribution in [2.24, 2.45) is 5.73 Å². The Hall–Kier alpha value is -1.39. The fraction of sp³-hybridized carbons (Fsp3) is 0.154. The van der Waals surface area contributed by atoms with Crippen molar-refractivity contribution in [3.05, 3.63) is 54.0 Å². The van der Waals surface area contributed by atoms with E-state index in [0.29, 0.717) is 0 Å². The molecule has 1 heterocycles. The van der Waals surface area contributed by atoms with E-state index in [1.54, 1.807) is 12.3 Å². The van der Waals surface area contributed by atoms with Crippen LogP contribution >= 0.6 is 11.8 Å². The first kappa shape index (κ1) is 12.1. The van der Waals surface area contributed by atoms with Gasteiger partial charge in [0.1, 0.15) is 10.8 Å². The van der Waals surface area contributed by atoms with Gasteiger partial charge in [-0.2, -0.15) is 0 Å². The van der Waals surface area contributed by atoms with Gasteiger partial charge in [-0.1, -0.05) is 17.8 Å². The van der Waals surface area contributed by atoms with Gasteiger partial charge in [0.15, 0.2) is 0 Å². The third-order valence-electron chi connectivity index (χ3n) is 2.30. The smallest absolute Gasteiger partial charge is 0.124 e. The fourth-order valence-corrected chi connectivity index (χ4v) is 2.28. The number of nitrogens with zero attached hydrogens (tertiary/aromatic N) is 1. The molecule has 0 spiro atoms. The average molecular weight is 248 g/mol. The lowest BCUT2D eigenvalue weighted by molar-refractivity contribution is 0.624. The van der Waals surface area contributed by atoms with Crippen molar-refractivity contribution in [2.45, 2.75) is 22.9 Å². The molecule has 2 nitrogen and oxygen atoms in total. The number of hydrogen-bond donors (Lipinski definition) is 1. The summed E-state index contributed by atoms with van der Waals surface area (Å²) in [6.07, 6.45) is 1.72. The zero-order valence-electron chi connectivity index (χ0n) is 9.43. The van der Waals surface area contributed by atoms with Crippen LogP contribution in [0.25, 0.3) is 0 Å². The normalized spacial score (nSPS) is 12.4. The van der Waals surface area contributed by atoms with Crippen LogP contribution in [0.5, 0.6) is 0 Å². The van der Waals surface area contributed by atoms with Gasteiger partial charge in [-0.15, -0.1) is 0 Å². The highest BCUT2D eigenvalue weighted by Crippen LogP contribution is 2.27. The number of hydrogen-bond acceptors (Lipinski definition) is 3. The predicted molar refractivity (Wildman–Crippen MR) is 67.4 cm³/mol. The van der Waals surface area contributed by atoms with E-state index in [2.05, 4.69) is 4.98 Å². The quantitative estimate of drug-likeness (QED) is 0.905. The van der Waals surface area contributed by atoms with Gasteiger partial charge in [-0.25, -0.2) is 9.37 Å². The maximum atomic E-state index is 13.0. The minimum Gasteiger partial charge on any atom is -0.324 e. The Labute approximate surface area is 104 Å². The van der Waals surface area contributed by atoms with Gasteiger partial charge in [0.05, 0.1) is 0 Å². The van der Waals surface area contributed by atoms with Crippen LogP contribution in [0.15, 0.2) is 52.5 Å². The molecule has 88 valence electrons. The highest BCUT2D eigenvalue weighted by Gasteiger charge is 2.04. The van der Waals surface area contributed by atoms with Crippen LogP contribution in [-0.4, -0.2) is 4.98 Å². The molecule has 0 saturated carbocycles. The van der Waals surface area contributed by atoms with Crippen molar-refractivity contribution in [1.82, 2.24) is 4.98 Å². The molecule has 0 aliphatic heterocycles. The Balaban J connectivity index is 2.21. The zero-order valence-corrected chi connectivity index (χ0v) is 10.2. The van der Waals surface area contributed by atoms with Crippen molar-refractivity contribution >= 4 is 11.8 Å². The van der Waals surface area contributed by atoms with Gasteiger partial charge >= 0.3 is 0 Å². The minimum absolute atomic E-state index is 0.0233. The van der Waals surface area contributed by atoms with E-state index < -0.39 is 0 Å². The summed E-state index contributed by atoms with van der Waals surface area (Å²) in [6, 6.07) is 10.3. The molecule has 0 radical (unpaired) electrons. The van der Waals surface area contributed by atoms with E-state index >= 15 is 0 Å². The van der Waals surface area contributed by atoms with Crippen LogP contribution in [0, 0.1) is 5.82 Å². The highest BCUT2D eigenvalue weighted by atomic mass is 32.2. The second-order valence-corrected chi connectivity index (χ2v) is 4.87. The lowest BCUT2D eigenvalue weighted by Gasteiger charge is -2.07. The molecule has 0 amide bonds. The molecule has 2 rings (SSSR count). The Kier molecular flexibility index (Phi) is 3.76. The summed E-state index contributed by atoms with van der Waals surface area (Å²) >= 11 is 1.43. The van der Waals surface area contributed by atoms with E-state index in [0.717, 1.165) is 15.5 Å². The summed E-state index contributed by atoms with van der Waals surface area (Å²) in [4.78, 5) is 5.06. The molecular weight excluding hydrogens is 235 g/mol. The third-order valence-corrected chi connectivity index (χ3v) is 3.23. The predicted octanol–water partition coefficient (Wildman–Crippen LogP) is 3.39. The Morgan fingerprint density at radius 1 is 1.29 bits per heavy atom. The largest absolute Gasteiger partial charge is 0.324 e. The second kappa shape index (κ2) is 5.29. The van der Waals surface area contributed by atoms with E-state index in [4.69, 9.17) is 5.73 Å². The van der Waals surface area contributed by atoms with Crippen LogP contribution < -0.4 is 5.73 Å². The average Bonchev–Trinajstić information content (AvgIpc) is 2.29. The molecule has 0 saturated heterocycles. The minimum atomic E-state index is -0.238. The third kappa shape index (κ3) is 3.28. The number of aromatic nitrogens is 1. The lowest BCUT2D eigenvalue weighted by atomic mass is 10.1. The van der Waals surface area contributed by atoms with Crippen molar-refractivity contribution in [1.29, 1.82) is 0 Å². The topological polar surface area (TPSA) is 38.9 Å². The molecule has 1 aromatic carbocycles. The second-order valence-electron chi connectivity index (χ2n) is 3.78. The van der Waals surface area contributed by atoms with Crippen molar-refractivity contribution in [3.8, 4) is 0 Å². The van der Waals surface area contributed by atoms with Crippen molar-refractivity contribution in [2.75, 3.05) is 0 Å². The maximum Gasteiger partial charge on any atom is 0.124 e. The number of rotatable bonds is 3. The van der Waals surface area contributed by atoms with Crippen molar-refractivity contribution in [3.63, 3.8) is 0 Å². The summed E-state index contributed by atoms with van der Waals surface area (Å²) in [5.41, 5.74) is 6.83. The van der Waals surface area contributed by atoms with E-state index in [1.807, 2.05) is 25.1 Å². The molecule has 4 heteroatoms. The molecular formula is C13H13FN2S. The number of pyridine rings is 1.